The molecule has 1 amide bonds. The lowest BCUT2D eigenvalue weighted by Gasteiger charge is -2.26. The molecule has 0 bridgehead atoms. The van der Waals surface area contributed by atoms with Crippen LogP contribution in [0.2, 0.25) is 0 Å². The Morgan fingerprint density at radius 2 is 1.71 bits per heavy atom. The van der Waals surface area contributed by atoms with E-state index in [-0.39, 0.29) is 11.9 Å². The molecule has 0 aromatic heterocycles. The molecule has 3 rings (SSSR count). The van der Waals surface area contributed by atoms with Crippen molar-refractivity contribution in [3.63, 3.8) is 0 Å². The summed E-state index contributed by atoms with van der Waals surface area (Å²) in [6.45, 7) is 7.49. The number of anilines is 1. The Kier molecular flexibility index (Phi) is 7.80. The molecule has 5 heteroatoms. The standard InChI is InChI=1S/C23H31N3OS/c1-18(2)24-23(27)22(20-6-4-3-5-7-20)25-21-10-8-19(9-11-21)12-13-26-14-16-28-17-15-26/h3-11,18,22,25H,12-17H2,1-2H3,(H,24,27). The average Bonchev–Trinajstić information content (AvgIpc) is 2.72. The van der Waals surface area contributed by atoms with Crippen LogP contribution in [-0.2, 0) is 11.2 Å². The number of carbonyl (C=O) groups excluding carboxylic acids is 1. The van der Waals surface area contributed by atoms with E-state index in [1.165, 1.54) is 30.2 Å². The maximum atomic E-state index is 12.7. The van der Waals surface area contributed by atoms with E-state index in [2.05, 4.69) is 39.8 Å². The van der Waals surface area contributed by atoms with Crippen LogP contribution in [0.25, 0.3) is 0 Å². The summed E-state index contributed by atoms with van der Waals surface area (Å²) in [5.41, 5.74) is 3.27. The topological polar surface area (TPSA) is 44.4 Å². The predicted molar refractivity (Wildman–Crippen MR) is 120 cm³/mol. The SMILES string of the molecule is CC(C)NC(=O)C(Nc1ccc(CCN2CCSCC2)cc1)c1ccccc1. The minimum Gasteiger partial charge on any atom is -0.370 e. The van der Waals surface area contributed by atoms with E-state index >= 15 is 0 Å². The van der Waals surface area contributed by atoms with Crippen LogP contribution in [0.4, 0.5) is 5.69 Å². The summed E-state index contributed by atoms with van der Waals surface area (Å²) in [5, 5.41) is 6.43. The normalized spacial score (nSPS) is 16.0. The van der Waals surface area contributed by atoms with E-state index < -0.39 is 6.04 Å². The summed E-state index contributed by atoms with van der Waals surface area (Å²) < 4.78 is 0. The fourth-order valence-corrected chi connectivity index (χ4v) is 4.34. The molecular formula is C23H31N3OS. The van der Waals surface area contributed by atoms with Gasteiger partial charge in [0.25, 0.3) is 0 Å². The van der Waals surface area contributed by atoms with Gasteiger partial charge >= 0.3 is 0 Å². The molecule has 28 heavy (non-hydrogen) atoms. The maximum absolute atomic E-state index is 12.7. The van der Waals surface area contributed by atoms with Gasteiger partial charge in [0.1, 0.15) is 6.04 Å². The number of rotatable bonds is 8. The number of nitrogens with zero attached hydrogens (tertiary/aromatic N) is 1. The van der Waals surface area contributed by atoms with Crippen LogP contribution < -0.4 is 10.6 Å². The highest BCUT2D eigenvalue weighted by atomic mass is 32.2. The second kappa shape index (κ2) is 10.5. The van der Waals surface area contributed by atoms with Crippen LogP contribution >= 0.6 is 11.8 Å². The summed E-state index contributed by atoms with van der Waals surface area (Å²) >= 11 is 2.05. The fraction of sp³-hybridized carbons (Fsp3) is 0.435. The molecular weight excluding hydrogens is 366 g/mol. The van der Waals surface area contributed by atoms with Gasteiger partial charge in [0, 0.05) is 42.9 Å². The van der Waals surface area contributed by atoms with Crippen LogP contribution in [0.3, 0.4) is 0 Å². The van der Waals surface area contributed by atoms with Crippen LogP contribution in [0.15, 0.2) is 54.6 Å². The first-order valence-corrected chi connectivity index (χ1v) is 11.3. The number of thioether (sulfide) groups is 1. The molecule has 1 aliphatic heterocycles. The Labute approximate surface area is 173 Å². The van der Waals surface area contributed by atoms with Gasteiger partial charge in [-0.2, -0.15) is 11.8 Å². The number of amides is 1. The summed E-state index contributed by atoms with van der Waals surface area (Å²) in [5.74, 6) is 2.50. The van der Waals surface area contributed by atoms with Crippen molar-refractivity contribution >= 4 is 23.4 Å². The van der Waals surface area contributed by atoms with Gasteiger partial charge in [0.05, 0.1) is 0 Å². The number of hydrogen-bond acceptors (Lipinski definition) is 4. The molecule has 1 unspecified atom stereocenters. The van der Waals surface area contributed by atoms with Crippen LogP contribution in [0, 0.1) is 0 Å². The van der Waals surface area contributed by atoms with Gasteiger partial charge in [-0.1, -0.05) is 42.5 Å². The third-order valence-corrected chi connectivity index (χ3v) is 5.85. The highest BCUT2D eigenvalue weighted by Crippen LogP contribution is 2.21. The smallest absolute Gasteiger partial charge is 0.247 e. The van der Waals surface area contributed by atoms with Gasteiger partial charge in [-0.25, -0.2) is 0 Å². The molecule has 1 atom stereocenters. The monoisotopic (exact) mass is 397 g/mol. The molecule has 4 nitrogen and oxygen atoms in total. The Morgan fingerprint density at radius 1 is 1.04 bits per heavy atom. The lowest BCUT2D eigenvalue weighted by molar-refractivity contribution is -0.122. The van der Waals surface area contributed by atoms with Gasteiger partial charge in [0.2, 0.25) is 5.91 Å². The Hall–Kier alpha value is -1.98. The molecule has 1 aliphatic rings. The Morgan fingerprint density at radius 3 is 2.36 bits per heavy atom. The fourth-order valence-electron chi connectivity index (χ4n) is 3.36. The van der Waals surface area contributed by atoms with Crippen molar-refractivity contribution in [3.8, 4) is 0 Å². The molecule has 2 aromatic rings. The third kappa shape index (κ3) is 6.28. The van der Waals surface area contributed by atoms with Gasteiger partial charge in [-0.3, -0.25) is 4.79 Å². The molecule has 1 fully saturated rings. The molecule has 0 aliphatic carbocycles. The first kappa shape index (κ1) is 20.7. The molecule has 1 saturated heterocycles. The summed E-state index contributed by atoms with van der Waals surface area (Å²) in [6.07, 6.45) is 1.07. The average molecular weight is 398 g/mol. The maximum Gasteiger partial charge on any atom is 0.247 e. The quantitative estimate of drug-likeness (QED) is 0.708. The zero-order valence-corrected chi connectivity index (χ0v) is 17.7. The second-order valence-corrected chi connectivity index (χ2v) is 8.78. The largest absolute Gasteiger partial charge is 0.370 e. The molecule has 0 radical (unpaired) electrons. The first-order chi connectivity index (χ1) is 13.6. The Balaban J connectivity index is 1.62. The van der Waals surface area contributed by atoms with Crippen LogP contribution in [0.5, 0.6) is 0 Å². The predicted octanol–water partition coefficient (Wildman–Crippen LogP) is 3.96. The lowest BCUT2D eigenvalue weighted by Crippen LogP contribution is -2.37. The summed E-state index contributed by atoms with van der Waals surface area (Å²) in [7, 11) is 0. The molecule has 0 saturated carbocycles. The zero-order valence-electron chi connectivity index (χ0n) is 16.9. The summed E-state index contributed by atoms with van der Waals surface area (Å²) in [4.78, 5) is 15.3. The molecule has 1 heterocycles. The van der Waals surface area contributed by atoms with Crippen LogP contribution in [0.1, 0.15) is 31.0 Å². The highest BCUT2D eigenvalue weighted by Gasteiger charge is 2.21. The number of hydrogen-bond donors (Lipinski definition) is 2. The zero-order chi connectivity index (χ0) is 19.8. The van der Waals surface area contributed by atoms with Gasteiger partial charge < -0.3 is 15.5 Å². The van der Waals surface area contributed by atoms with Crippen molar-refractivity contribution in [3.05, 3.63) is 65.7 Å². The van der Waals surface area contributed by atoms with Crippen LogP contribution in [-0.4, -0.2) is 48.0 Å². The van der Waals surface area contributed by atoms with Crippen molar-refractivity contribution in [2.45, 2.75) is 32.4 Å². The number of nitrogens with one attached hydrogen (secondary N) is 2. The van der Waals surface area contributed by atoms with Crippen molar-refractivity contribution in [2.24, 2.45) is 0 Å². The minimum absolute atomic E-state index is 0.00625. The van der Waals surface area contributed by atoms with E-state index in [9.17, 15) is 4.79 Å². The van der Waals surface area contributed by atoms with Crippen molar-refractivity contribution in [1.82, 2.24) is 10.2 Å². The number of carbonyl (C=O) groups is 1. The molecule has 0 spiro atoms. The van der Waals surface area contributed by atoms with E-state index in [0.29, 0.717) is 0 Å². The minimum atomic E-state index is -0.403. The molecule has 150 valence electrons. The Bertz CT molecular complexity index is 727. The molecule has 2 aromatic carbocycles. The van der Waals surface area contributed by atoms with Gasteiger partial charge in [0.15, 0.2) is 0 Å². The first-order valence-electron chi connectivity index (χ1n) is 10.1. The van der Waals surface area contributed by atoms with E-state index in [1.807, 2.05) is 55.9 Å². The van der Waals surface area contributed by atoms with Crippen molar-refractivity contribution < 1.29 is 4.79 Å². The number of benzene rings is 2. The third-order valence-electron chi connectivity index (χ3n) is 4.91. The summed E-state index contributed by atoms with van der Waals surface area (Å²) in [6, 6.07) is 18.1. The van der Waals surface area contributed by atoms with E-state index in [4.69, 9.17) is 0 Å². The molecule has 2 N–H and O–H groups in total. The van der Waals surface area contributed by atoms with E-state index in [0.717, 1.165) is 24.2 Å². The lowest BCUT2D eigenvalue weighted by atomic mass is 10.0. The van der Waals surface area contributed by atoms with Gasteiger partial charge in [-0.15, -0.1) is 0 Å². The van der Waals surface area contributed by atoms with Crippen molar-refractivity contribution in [2.75, 3.05) is 36.5 Å². The highest BCUT2D eigenvalue weighted by molar-refractivity contribution is 7.99. The second-order valence-electron chi connectivity index (χ2n) is 7.55. The van der Waals surface area contributed by atoms with E-state index in [1.54, 1.807) is 0 Å². The van der Waals surface area contributed by atoms with Crippen molar-refractivity contribution in [1.29, 1.82) is 0 Å². The van der Waals surface area contributed by atoms with Gasteiger partial charge in [-0.05, 0) is 43.5 Å².